The van der Waals surface area contributed by atoms with E-state index < -0.39 is 5.91 Å². The predicted octanol–water partition coefficient (Wildman–Crippen LogP) is 5.21. The minimum absolute atomic E-state index is 0.0200. The van der Waals surface area contributed by atoms with Crippen LogP contribution in [0.1, 0.15) is 37.3 Å². The Labute approximate surface area is 184 Å². The maximum Gasteiger partial charge on any atom is 0.283 e. The Hall–Kier alpha value is -3.26. The summed E-state index contributed by atoms with van der Waals surface area (Å²) < 4.78 is 18.8. The van der Waals surface area contributed by atoms with Crippen LogP contribution in [0.5, 0.6) is 5.75 Å². The third kappa shape index (κ3) is 4.91. The molecule has 6 nitrogen and oxygen atoms in total. The summed E-state index contributed by atoms with van der Waals surface area (Å²) in [4.78, 5) is 16.7. The first-order valence-corrected chi connectivity index (χ1v) is 10.8. The van der Waals surface area contributed by atoms with Gasteiger partial charge in [0, 0.05) is 0 Å². The van der Waals surface area contributed by atoms with Gasteiger partial charge in [0.15, 0.2) is 5.84 Å². The van der Waals surface area contributed by atoms with E-state index in [-0.39, 0.29) is 17.2 Å². The summed E-state index contributed by atoms with van der Waals surface area (Å²) in [5, 5.41) is 15.7. The average molecular weight is 437 g/mol. The maximum absolute atomic E-state index is 13.0. The highest BCUT2D eigenvalue weighted by atomic mass is 32.2. The van der Waals surface area contributed by atoms with E-state index in [1.54, 1.807) is 30.3 Å². The number of aliphatic imine (C=N–C) groups is 1. The van der Waals surface area contributed by atoms with Crippen LogP contribution >= 0.6 is 11.8 Å². The number of fused-ring (bicyclic) bond motifs is 1. The Morgan fingerprint density at radius 2 is 2.03 bits per heavy atom. The molecule has 0 aliphatic carbocycles. The number of rotatable bonds is 7. The Kier molecular flexibility index (Phi) is 6.27. The third-order valence-corrected chi connectivity index (χ3v) is 5.70. The van der Waals surface area contributed by atoms with Gasteiger partial charge in [-0.15, -0.1) is 0 Å². The number of hydrogen-bond acceptors (Lipinski definition) is 5. The van der Waals surface area contributed by atoms with E-state index in [1.165, 1.54) is 28.9 Å². The molecule has 0 bridgehead atoms. The quantitative estimate of drug-likeness (QED) is 0.604. The molecule has 4 rings (SSSR count). The number of thioether (sulfide) groups is 1. The highest BCUT2D eigenvalue weighted by Crippen LogP contribution is 2.30. The molecule has 1 amide bonds. The van der Waals surface area contributed by atoms with Crippen molar-refractivity contribution in [3.63, 3.8) is 0 Å². The van der Waals surface area contributed by atoms with Crippen molar-refractivity contribution < 1.29 is 13.9 Å². The van der Waals surface area contributed by atoms with Gasteiger partial charge in [-0.1, -0.05) is 37.6 Å². The van der Waals surface area contributed by atoms with E-state index in [1.807, 2.05) is 12.1 Å². The van der Waals surface area contributed by atoms with Gasteiger partial charge in [-0.2, -0.15) is 15.1 Å². The van der Waals surface area contributed by atoms with Gasteiger partial charge in [0.1, 0.15) is 23.2 Å². The number of ether oxygens (including phenoxy) is 1. The summed E-state index contributed by atoms with van der Waals surface area (Å²) in [6, 6.07) is 13.3. The monoisotopic (exact) mass is 436 g/mol. The molecule has 2 aliphatic heterocycles. The van der Waals surface area contributed by atoms with Gasteiger partial charge in [0.25, 0.3) is 5.91 Å². The second kappa shape index (κ2) is 9.26. The Morgan fingerprint density at radius 1 is 1.23 bits per heavy atom. The number of carbonyl (C=O) groups excluding carboxylic acids is 1. The van der Waals surface area contributed by atoms with E-state index >= 15 is 0 Å². The number of nitrogens with zero attached hydrogens (tertiary/aromatic N) is 3. The van der Waals surface area contributed by atoms with Crippen LogP contribution in [0.3, 0.4) is 0 Å². The summed E-state index contributed by atoms with van der Waals surface area (Å²) in [6.07, 6.45) is 4.49. The van der Waals surface area contributed by atoms with Crippen LogP contribution in [0, 0.1) is 11.2 Å². The zero-order chi connectivity index (χ0) is 21.8. The average Bonchev–Trinajstić information content (AvgIpc) is 3.18. The highest BCUT2D eigenvalue weighted by Gasteiger charge is 2.35. The Bertz CT molecular complexity index is 1110. The molecule has 0 unspecified atom stereocenters. The molecule has 2 aromatic carbocycles. The van der Waals surface area contributed by atoms with Crippen molar-refractivity contribution in [2.24, 2.45) is 10.1 Å². The summed E-state index contributed by atoms with van der Waals surface area (Å²) in [7, 11) is 0. The topological polar surface area (TPSA) is 78.1 Å². The molecule has 0 radical (unpaired) electrons. The molecule has 0 spiro atoms. The first-order chi connectivity index (χ1) is 15.0. The minimum atomic E-state index is -0.451. The lowest BCUT2D eigenvalue weighted by Gasteiger charge is -2.20. The van der Waals surface area contributed by atoms with Gasteiger partial charge >= 0.3 is 0 Å². The molecular weight excluding hydrogens is 415 g/mol. The van der Waals surface area contributed by atoms with Gasteiger partial charge in [-0.05, 0) is 66.1 Å². The van der Waals surface area contributed by atoms with E-state index in [0.29, 0.717) is 23.1 Å². The van der Waals surface area contributed by atoms with Crippen LogP contribution in [-0.4, -0.2) is 27.0 Å². The molecule has 0 aromatic heterocycles. The van der Waals surface area contributed by atoms with Crippen LogP contribution in [0.15, 0.2) is 64.2 Å². The van der Waals surface area contributed by atoms with Gasteiger partial charge in [-0.3, -0.25) is 10.2 Å². The molecule has 0 fully saturated rings. The first kappa shape index (κ1) is 21.0. The highest BCUT2D eigenvalue weighted by molar-refractivity contribution is 8.26. The van der Waals surface area contributed by atoms with Crippen molar-refractivity contribution >= 4 is 39.8 Å². The number of nitrogens with one attached hydrogen (secondary N) is 1. The van der Waals surface area contributed by atoms with E-state index in [0.717, 1.165) is 29.9 Å². The number of amides is 1. The minimum Gasteiger partial charge on any atom is -0.489 e. The number of benzene rings is 2. The van der Waals surface area contributed by atoms with Gasteiger partial charge in [0.2, 0.25) is 5.17 Å². The number of amidine groups is 2. The molecule has 8 heteroatoms. The van der Waals surface area contributed by atoms with E-state index in [2.05, 4.69) is 17.0 Å². The van der Waals surface area contributed by atoms with Crippen LogP contribution < -0.4 is 4.74 Å². The smallest absolute Gasteiger partial charge is 0.283 e. The predicted molar refractivity (Wildman–Crippen MR) is 122 cm³/mol. The number of hydrazone groups is 1. The van der Waals surface area contributed by atoms with Crippen molar-refractivity contribution in [1.82, 2.24) is 5.01 Å². The molecule has 31 heavy (non-hydrogen) atoms. The van der Waals surface area contributed by atoms with Gasteiger partial charge < -0.3 is 4.74 Å². The van der Waals surface area contributed by atoms with Crippen LogP contribution in [0.2, 0.25) is 0 Å². The van der Waals surface area contributed by atoms with E-state index in [9.17, 15) is 9.18 Å². The normalized spacial score (nSPS) is 17.0. The van der Waals surface area contributed by atoms with E-state index in [4.69, 9.17) is 10.1 Å². The SMILES string of the molecule is CCCCC1=NN2C(=N)C(=Cc3cccc(OCc4ccc(F)cc4)c3)C(=O)N=C2S1. The van der Waals surface area contributed by atoms with Crippen LogP contribution in [0.25, 0.3) is 6.08 Å². The molecule has 2 heterocycles. The Balaban J connectivity index is 1.50. The van der Waals surface area contributed by atoms with Gasteiger partial charge in [-0.25, -0.2) is 4.39 Å². The third-order valence-electron chi connectivity index (χ3n) is 4.73. The lowest BCUT2D eigenvalue weighted by molar-refractivity contribution is -0.114. The zero-order valence-corrected chi connectivity index (χ0v) is 17.8. The van der Waals surface area contributed by atoms with Crippen LogP contribution in [0.4, 0.5) is 4.39 Å². The fourth-order valence-electron chi connectivity index (χ4n) is 3.07. The molecular formula is C23H21FN4O2S. The molecule has 158 valence electrons. The summed E-state index contributed by atoms with van der Waals surface area (Å²) in [5.41, 5.74) is 1.74. The number of halogens is 1. The summed E-state index contributed by atoms with van der Waals surface area (Å²) in [6.45, 7) is 2.40. The van der Waals surface area contributed by atoms with Gasteiger partial charge in [0.05, 0.1) is 5.57 Å². The zero-order valence-electron chi connectivity index (χ0n) is 17.0. The molecule has 0 saturated heterocycles. The largest absolute Gasteiger partial charge is 0.489 e. The lowest BCUT2D eigenvalue weighted by atomic mass is 10.1. The number of unbranched alkanes of at least 4 members (excludes halogenated alkanes) is 1. The summed E-state index contributed by atoms with van der Waals surface area (Å²) >= 11 is 1.35. The van der Waals surface area contributed by atoms with Crippen LogP contribution in [-0.2, 0) is 11.4 Å². The van der Waals surface area contributed by atoms with Crippen molar-refractivity contribution in [2.75, 3.05) is 0 Å². The molecule has 0 atom stereocenters. The molecule has 2 aromatic rings. The second-order valence-corrected chi connectivity index (χ2v) is 8.15. The van der Waals surface area contributed by atoms with Crippen molar-refractivity contribution in [3.05, 3.63) is 71.0 Å². The fraction of sp³-hybridized carbons (Fsp3) is 0.217. The molecule has 0 saturated carbocycles. The maximum atomic E-state index is 13.0. The number of hydrogen-bond donors (Lipinski definition) is 1. The lowest BCUT2D eigenvalue weighted by Crippen LogP contribution is -2.35. The fourth-order valence-corrected chi connectivity index (χ4v) is 4.00. The first-order valence-electron chi connectivity index (χ1n) is 10.00. The van der Waals surface area contributed by atoms with Crippen molar-refractivity contribution in [3.8, 4) is 5.75 Å². The van der Waals surface area contributed by atoms with Crippen molar-refractivity contribution in [2.45, 2.75) is 32.8 Å². The number of carbonyl (C=O) groups is 1. The Morgan fingerprint density at radius 3 is 2.81 bits per heavy atom. The molecule has 2 aliphatic rings. The second-order valence-electron chi connectivity index (χ2n) is 7.10. The standard InChI is InChI=1S/C23H21FN4O2S/c1-2-3-7-20-27-28-21(25)19(22(29)26-23(28)31-20)13-16-5-4-6-18(12-16)30-14-15-8-10-17(24)11-9-15/h4-6,8-13,25H,2-3,7,14H2,1H3. The summed E-state index contributed by atoms with van der Waals surface area (Å²) in [5.74, 6) is -0.116. The van der Waals surface area contributed by atoms with Crippen molar-refractivity contribution in [1.29, 1.82) is 5.41 Å². The molecule has 1 N–H and O–H groups in total.